The lowest BCUT2D eigenvalue weighted by atomic mass is 10.3. The highest BCUT2D eigenvalue weighted by molar-refractivity contribution is 5.87. The molecule has 0 aliphatic heterocycles. The third kappa shape index (κ3) is 4.41. The van der Waals surface area contributed by atoms with E-state index in [4.69, 9.17) is 4.74 Å². The molecule has 0 atom stereocenters. The van der Waals surface area contributed by atoms with E-state index in [2.05, 4.69) is 15.4 Å². The number of anilines is 2. The number of phenols is 1. The third-order valence-electron chi connectivity index (χ3n) is 2.57. The highest BCUT2D eigenvalue weighted by atomic mass is 16.6. The molecule has 0 unspecified atom stereocenters. The molecule has 2 rings (SSSR count). The summed E-state index contributed by atoms with van der Waals surface area (Å²) in [5.74, 6) is 0.272. The van der Waals surface area contributed by atoms with E-state index in [0.29, 0.717) is 11.4 Å². The zero-order valence-electron chi connectivity index (χ0n) is 11.7. The maximum atomic E-state index is 11.8. The first-order valence-corrected chi connectivity index (χ1v) is 6.30. The second kappa shape index (κ2) is 6.98. The number of hydrogen-bond donors (Lipinski definition) is 3. The van der Waals surface area contributed by atoms with Crippen molar-refractivity contribution in [2.24, 2.45) is 0 Å². The average molecular weight is 302 g/mol. The Morgan fingerprint density at radius 1 is 0.955 bits per heavy atom. The molecule has 0 aliphatic rings. The molecule has 2 amide bonds. The number of carbonyl (C=O) groups is 2. The minimum atomic E-state index is -0.721. The fourth-order valence-corrected chi connectivity index (χ4v) is 1.64. The molecule has 7 heteroatoms. The first kappa shape index (κ1) is 15.2. The molecule has 0 saturated heterocycles. The maximum absolute atomic E-state index is 11.8. The van der Waals surface area contributed by atoms with E-state index < -0.39 is 12.2 Å². The smallest absolute Gasteiger partial charge is 0.417 e. The fourth-order valence-electron chi connectivity index (χ4n) is 1.64. The van der Waals surface area contributed by atoms with E-state index in [-0.39, 0.29) is 11.5 Å². The summed E-state index contributed by atoms with van der Waals surface area (Å²) in [5, 5.41) is 14.2. The highest BCUT2D eigenvalue weighted by Gasteiger charge is 2.07. The summed E-state index contributed by atoms with van der Waals surface area (Å²) >= 11 is 0. The second-order valence-electron chi connectivity index (χ2n) is 4.21. The van der Waals surface area contributed by atoms with E-state index in [9.17, 15) is 14.7 Å². The molecule has 3 N–H and O–H groups in total. The van der Waals surface area contributed by atoms with Crippen molar-refractivity contribution in [3.8, 4) is 11.5 Å². The van der Waals surface area contributed by atoms with Crippen molar-refractivity contribution in [2.75, 3.05) is 17.7 Å². The van der Waals surface area contributed by atoms with Crippen LogP contribution in [-0.4, -0.2) is 24.4 Å². The molecule has 7 nitrogen and oxygen atoms in total. The summed E-state index contributed by atoms with van der Waals surface area (Å²) < 4.78 is 9.56. The topological polar surface area (TPSA) is 96.9 Å². The van der Waals surface area contributed by atoms with Crippen molar-refractivity contribution in [1.82, 2.24) is 0 Å². The van der Waals surface area contributed by atoms with Crippen LogP contribution in [0.25, 0.3) is 0 Å². The lowest BCUT2D eigenvalue weighted by molar-refractivity contribution is 0.187. The van der Waals surface area contributed by atoms with Crippen LogP contribution in [-0.2, 0) is 4.74 Å². The van der Waals surface area contributed by atoms with Gasteiger partial charge in [0, 0.05) is 23.5 Å². The Balaban J connectivity index is 1.99. The number of phenolic OH excluding ortho intramolecular Hbond substituents is 1. The Hall–Kier alpha value is -3.22. The van der Waals surface area contributed by atoms with Gasteiger partial charge in [0.25, 0.3) is 0 Å². The van der Waals surface area contributed by atoms with E-state index >= 15 is 0 Å². The van der Waals surface area contributed by atoms with Gasteiger partial charge in [-0.05, 0) is 24.3 Å². The van der Waals surface area contributed by atoms with Crippen LogP contribution in [0.15, 0.2) is 48.5 Å². The standard InChI is InChI=1S/C15H14N2O5/c1-21-14(19)16-11-5-3-7-13(9-11)22-15(20)17-10-4-2-6-12(18)8-10/h2-9,18H,1H3,(H,16,19)(H,17,20). The van der Waals surface area contributed by atoms with Crippen molar-refractivity contribution >= 4 is 23.6 Å². The second-order valence-corrected chi connectivity index (χ2v) is 4.21. The van der Waals surface area contributed by atoms with Gasteiger partial charge in [-0.2, -0.15) is 0 Å². The van der Waals surface area contributed by atoms with E-state index in [1.807, 2.05) is 0 Å². The number of aromatic hydroxyl groups is 1. The van der Waals surface area contributed by atoms with Crippen molar-refractivity contribution in [3.63, 3.8) is 0 Å². The zero-order chi connectivity index (χ0) is 15.9. The fraction of sp³-hybridized carbons (Fsp3) is 0.0667. The van der Waals surface area contributed by atoms with Crippen LogP contribution in [0.3, 0.4) is 0 Å². The zero-order valence-corrected chi connectivity index (χ0v) is 11.7. The first-order valence-electron chi connectivity index (χ1n) is 6.30. The predicted octanol–water partition coefficient (Wildman–Crippen LogP) is 3.18. The lowest BCUT2D eigenvalue weighted by Gasteiger charge is -2.08. The number of carbonyl (C=O) groups excluding carboxylic acids is 2. The quantitative estimate of drug-likeness (QED) is 0.809. The van der Waals surface area contributed by atoms with Crippen LogP contribution in [0, 0.1) is 0 Å². The van der Waals surface area contributed by atoms with Gasteiger partial charge in [-0.1, -0.05) is 12.1 Å². The van der Waals surface area contributed by atoms with Gasteiger partial charge in [-0.25, -0.2) is 9.59 Å². The molecule has 0 spiro atoms. The predicted molar refractivity (Wildman–Crippen MR) is 80.2 cm³/mol. The molecule has 0 fully saturated rings. The Kier molecular flexibility index (Phi) is 4.81. The van der Waals surface area contributed by atoms with Gasteiger partial charge in [-0.15, -0.1) is 0 Å². The van der Waals surface area contributed by atoms with Gasteiger partial charge < -0.3 is 14.6 Å². The number of hydrogen-bond acceptors (Lipinski definition) is 5. The Bertz CT molecular complexity index is 687. The summed E-state index contributed by atoms with van der Waals surface area (Å²) in [6, 6.07) is 12.3. The molecular weight excluding hydrogens is 288 g/mol. The van der Waals surface area contributed by atoms with Gasteiger partial charge in [-0.3, -0.25) is 10.6 Å². The van der Waals surface area contributed by atoms with Crippen LogP contribution >= 0.6 is 0 Å². The largest absolute Gasteiger partial charge is 0.508 e. The van der Waals surface area contributed by atoms with Crippen molar-refractivity contribution in [1.29, 1.82) is 0 Å². The summed E-state index contributed by atoms with van der Waals surface area (Å²) in [7, 11) is 1.25. The number of nitrogens with one attached hydrogen (secondary N) is 2. The summed E-state index contributed by atoms with van der Waals surface area (Å²) in [4.78, 5) is 22.9. The minimum absolute atomic E-state index is 0.0297. The molecule has 0 radical (unpaired) electrons. The molecule has 2 aromatic rings. The number of benzene rings is 2. The molecule has 2 aromatic carbocycles. The molecule has 114 valence electrons. The maximum Gasteiger partial charge on any atom is 0.417 e. The van der Waals surface area contributed by atoms with Crippen molar-refractivity contribution in [2.45, 2.75) is 0 Å². The first-order chi connectivity index (χ1) is 10.6. The van der Waals surface area contributed by atoms with E-state index in [0.717, 1.165) is 0 Å². The average Bonchev–Trinajstić information content (AvgIpc) is 2.47. The third-order valence-corrected chi connectivity index (χ3v) is 2.57. The lowest BCUT2D eigenvalue weighted by Crippen LogP contribution is -2.17. The van der Waals surface area contributed by atoms with E-state index in [1.54, 1.807) is 30.3 Å². The minimum Gasteiger partial charge on any atom is -0.508 e. The van der Waals surface area contributed by atoms with Crippen LogP contribution in [0.1, 0.15) is 0 Å². The van der Waals surface area contributed by atoms with Crippen LogP contribution < -0.4 is 15.4 Å². The number of methoxy groups -OCH3 is 1. The van der Waals surface area contributed by atoms with Gasteiger partial charge in [0.2, 0.25) is 0 Å². The van der Waals surface area contributed by atoms with Crippen molar-refractivity contribution in [3.05, 3.63) is 48.5 Å². The van der Waals surface area contributed by atoms with Gasteiger partial charge in [0.1, 0.15) is 11.5 Å². The van der Waals surface area contributed by atoms with Gasteiger partial charge >= 0.3 is 12.2 Å². The number of rotatable bonds is 3. The summed E-state index contributed by atoms with van der Waals surface area (Å²) in [5.41, 5.74) is 0.823. The van der Waals surface area contributed by atoms with Crippen LogP contribution in [0.5, 0.6) is 11.5 Å². The molecule has 0 aromatic heterocycles. The molecule has 0 aliphatic carbocycles. The Morgan fingerprint density at radius 2 is 1.59 bits per heavy atom. The SMILES string of the molecule is COC(=O)Nc1cccc(OC(=O)Nc2cccc(O)c2)c1. The van der Waals surface area contributed by atoms with Gasteiger partial charge in [0.05, 0.1) is 7.11 Å². The molecule has 0 saturated carbocycles. The summed E-state index contributed by atoms with van der Waals surface area (Å²) in [6.45, 7) is 0. The summed E-state index contributed by atoms with van der Waals surface area (Å²) in [6.07, 6.45) is -1.35. The number of amides is 2. The van der Waals surface area contributed by atoms with Crippen LogP contribution in [0.4, 0.5) is 21.0 Å². The molecular formula is C15H14N2O5. The molecule has 0 heterocycles. The molecule has 0 bridgehead atoms. The Labute approximate surface area is 126 Å². The Morgan fingerprint density at radius 3 is 2.27 bits per heavy atom. The van der Waals surface area contributed by atoms with E-state index in [1.165, 1.54) is 25.3 Å². The van der Waals surface area contributed by atoms with Crippen molar-refractivity contribution < 1.29 is 24.2 Å². The van der Waals surface area contributed by atoms with Gasteiger partial charge in [0.15, 0.2) is 0 Å². The highest BCUT2D eigenvalue weighted by Crippen LogP contribution is 2.19. The monoisotopic (exact) mass is 302 g/mol. The normalized spacial score (nSPS) is 9.68. The van der Waals surface area contributed by atoms with Crippen LogP contribution in [0.2, 0.25) is 0 Å². The number of ether oxygens (including phenoxy) is 2. The molecule has 22 heavy (non-hydrogen) atoms.